The summed E-state index contributed by atoms with van der Waals surface area (Å²) in [6, 6.07) is 24.1. The highest BCUT2D eigenvalue weighted by molar-refractivity contribution is 7.99. The smallest absolute Gasteiger partial charge is 0.337 e. The lowest BCUT2D eigenvalue weighted by Gasteiger charge is -2.12. The van der Waals surface area contributed by atoms with Crippen LogP contribution in [0, 0.1) is 0 Å². The second-order valence-corrected chi connectivity index (χ2v) is 8.94. The molecule has 186 valence electrons. The monoisotopic (exact) mass is 510 g/mol. The first kappa shape index (κ1) is 25.4. The number of carbonyl (C=O) groups is 1. The number of hydrogen-bond acceptors (Lipinski definition) is 3. The van der Waals surface area contributed by atoms with Gasteiger partial charge in [-0.2, -0.15) is 13.2 Å². The first-order valence-electron chi connectivity index (χ1n) is 11.4. The number of benzene rings is 3. The molecule has 0 radical (unpaired) electrons. The van der Waals surface area contributed by atoms with E-state index in [4.69, 9.17) is 4.98 Å². The van der Waals surface area contributed by atoms with Crippen LogP contribution in [0.25, 0.3) is 22.5 Å². The number of hydrogen-bond donors (Lipinski definition) is 2. The molecule has 2 N–H and O–H groups in total. The third kappa shape index (κ3) is 6.09. The van der Waals surface area contributed by atoms with Crippen molar-refractivity contribution in [3.63, 3.8) is 0 Å². The third-order valence-corrected chi connectivity index (χ3v) is 6.39. The molecule has 0 spiro atoms. The zero-order valence-corrected chi connectivity index (χ0v) is 20.4. The van der Waals surface area contributed by atoms with Crippen LogP contribution in [-0.2, 0) is 12.7 Å². The lowest BCUT2D eigenvalue weighted by atomic mass is 10.0. The summed E-state index contributed by atoms with van der Waals surface area (Å²) < 4.78 is 40.8. The average Bonchev–Trinajstić information content (AvgIpc) is 3.26. The van der Waals surface area contributed by atoms with E-state index in [0.29, 0.717) is 12.3 Å². The van der Waals surface area contributed by atoms with E-state index >= 15 is 0 Å². The molecule has 2 amide bonds. The van der Waals surface area contributed by atoms with Crippen LogP contribution < -0.4 is 10.6 Å². The Morgan fingerprint density at radius 1 is 0.944 bits per heavy atom. The zero-order chi connectivity index (χ0) is 25.5. The molecular formula is C27H25F3N4OS. The summed E-state index contributed by atoms with van der Waals surface area (Å²) in [5.41, 5.74) is 3.27. The van der Waals surface area contributed by atoms with Gasteiger partial charge in [-0.25, -0.2) is 9.78 Å². The lowest BCUT2D eigenvalue weighted by molar-refractivity contribution is -0.137. The van der Waals surface area contributed by atoms with Gasteiger partial charge in [0.25, 0.3) is 0 Å². The Hall–Kier alpha value is -3.72. The minimum atomic E-state index is -4.47. The van der Waals surface area contributed by atoms with Gasteiger partial charge in [0.1, 0.15) is 0 Å². The molecule has 1 aromatic heterocycles. The number of nitrogens with zero attached hydrogens (tertiary/aromatic N) is 2. The SMILES string of the molecule is CCn1c(SCCNC(=O)Nc2cccc(C(F)(F)F)c2)nc(-c2ccccc2)c1-c1ccccc1. The molecule has 0 atom stereocenters. The summed E-state index contributed by atoms with van der Waals surface area (Å²) in [5, 5.41) is 5.97. The van der Waals surface area contributed by atoms with Gasteiger partial charge in [0.2, 0.25) is 0 Å². The highest BCUT2D eigenvalue weighted by atomic mass is 32.2. The molecule has 0 saturated heterocycles. The van der Waals surface area contributed by atoms with Crippen molar-refractivity contribution in [1.29, 1.82) is 0 Å². The van der Waals surface area contributed by atoms with Crippen LogP contribution in [-0.4, -0.2) is 27.9 Å². The number of urea groups is 1. The van der Waals surface area contributed by atoms with Gasteiger partial charge in [0, 0.05) is 35.7 Å². The number of thioether (sulfide) groups is 1. The Labute approximate surface area is 211 Å². The summed E-state index contributed by atoms with van der Waals surface area (Å²) in [7, 11) is 0. The van der Waals surface area contributed by atoms with Gasteiger partial charge in [-0.05, 0) is 25.1 Å². The normalized spacial score (nSPS) is 11.3. The zero-order valence-electron chi connectivity index (χ0n) is 19.5. The van der Waals surface area contributed by atoms with Gasteiger partial charge in [0.15, 0.2) is 5.16 Å². The molecule has 3 aromatic carbocycles. The maximum absolute atomic E-state index is 12.9. The molecule has 0 fully saturated rings. The van der Waals surface area contributed by atoms with E-state index < -0.39 is 17.8 Å². The molecule has 4 aromatic rings. The molecule has 5 nitrogen and oxygen atoms in total. The molecule has 4 rings (SSSR count). The Morgan fingerprint density at radius 2 is 1.61 bits per heavy atom. The maximum atomic E-state index is 12.9. The van der Waals surface area contributed by atoms with Crippen molar-refractivity contribution in [1.82, 2.24) is 14.9 Å². The van der Waals surface area contributed by atoms with E-state index in [1.807, 2.05) is 48.5 Å². The molecule has 9 heteroatoms. The molecule has 0 aliphatic rings. The highest BCUT2D eigenvalue weighted by Gasteiger charge is 2.30. The maximum Gasteiger partial charge on any atom is 0.416 e. The summed E-state index contributed by atoms with van der Waals surface area (Å²) in [6.07, 6.45) is -4.47. The van der Waals surface area contributed by atoms with Crippen LogP contribution in [0.15, 0.2) is 90.1 Å². The average molecular weight is 511 g/mol. The second kappa shape index (κ2) is 11.3. The minimum absolute atomic E-state index is 0.0801. The van der Waals surface area contributed by atoms with Crippen molar-refractivity contribution < 1.29 is 18.0 Å². The Morgan fingerprint density at radius 3 is 2.25 bits per heavy atom. The number of aromatic nitrogens is 2. The van der Waals surface area contributed by atoms with Gasteiger partial charge in [-0.1, -0.05) is 78.5 Å². The van der Waals surface area contributed by atoms with Crippen LogP contribution in [0.5, 0.6) is 0 Å². The van der Waals surface area contributed by atoms with Crippen LogP contribution in [0.2, 0.25) is 0 Å². The fraction of sp³-hybridized carbons (Fsp3) is 0.185. The summed E-state index contributed by atoms with van der Waals surface area (Å²) in [6.45, 7) is 3.09. The van der Waals surface area contributed by atoms with Crippen molar-refractivity contribution in [2.24, 2.45) is 0 Å². The summed E-state index contributed by atoms with van der Waals surface area (Å²) in [5.74, 6) is 0.537. The van der Waals surface area contributed by atoms with Gasteiger partial charge in [0.05, 0.1) is 17.0 Å². The van der Waals surface area contributed by atoms with Crippen LogP contribution in [0.1, 0.15) is 12.5 Å². The van der Waals surface area contributed by atoms with Crippen molar-refractivity contribution in [3.05, 3.63) is 90.5 Å². The molecule has 0 aliphatic heterocycles. The first-order valence-corrected chi connectivity index (χ1v) is 12.4. The Kier molecular flexibility index (Phi) is 8.00. The van der Waals surface area contributed by atoms with Crippen LogP contribution in [0.3, 0.4) is 0 Å². The largest absolute Gasteiger partial charge is 0.416 e. The highest BCUT2D eigenvalue weighted by Crippen LogP contribution is 2.36. The lowest BCUT2D eigenvalue weighted by Crippen LogP contribution is -2.30. The van der Waals surface area contributed by atoms with E-state index in [-0.39, 0.29) is 5.69 Å². The quantitative estimate of drug-likeness (QED) is 0.195. The molecular weight excluding hydrogens is 485 g/mol. The van der Waals surface area contributed by atoms with Gasteiger partial charge < -0.3 is 15.2 Å². The molecule has 1 heterocycles. The van der Waals surface area contributed by atoms with Crippen molar-refractivity contribution in [2.75, 3.05) is 17.6 Å². The number of halogens is 3. The Bertz CT molecular complexity index is 1310. The molecule has 36 heavy (non-hydrogen) atoms. The summed E-state index contributed by atoms with van der Waals surface area (Å²) >= 11 is 1.51. The van der Waals surface area contributed by atoms with E-state index in [1.54, 1.807) is 0 Å². The van der Waals surface area contributed by atoms with Gasteiger partial charge >= 0.3 is 12.2 Å². The van der Waals surface area contributed by atoms with E-state index in [2.05, 4.69) is 34.3 Å². The second-order valence-electron chi connectivity index (χ2n) is 7.88. The third-order valence-electron chi connectivity index (χ3n) is 5.41. The van der Waals surface area contributed by atoms with Gasteiger partial charge in [-0.3, -0.25) is 0 Å². The minimum Gasteiger partial charge on any atom is -0.337 e. The van der Waals surface area contributed by atoms with Crippen molar-refractivity contribution >= 4 is 23.5 Å². The van der Waals surface area contributed by atoms with E-state index in [9.17, 15) is 18.0 Å². The number of rotatable bonds is 8. The standard InChI is InChI=1S/C27H25F3N4OS/c1-2-34-24(20-12-7-4-8-13-20)23(19-10-5-3-6-11-19)33-26(34)36-17-16-31-25(35)32-22-15-9-14-21(18-22)27(28,29)30/h3-15,18H,2,16-17H2,1H3,(H2,31,32,35). The number of nitrogens with one attached hydrogen (secondary N) is 2. The molecule has 0 bridgehead atoms. The van der Waals surface area contributed by atoms with E-state index in [0.717, 1.165) is 46.3 Å². The molecule has 0 unspecified atom stereocenters. The first-order chi connectivity index (χ1) is 17.4. The predicted molar refractivity (Wildman–Crippen MR) is 138 cm³/mol. The molecule has 0 saturated carbocycles. The number of carbonyl (C=O) groups excluding carboxylic acids is 1. The number of amides is 2. The summed E-state index contributed by atoms with van der Waals surface area (Å²) in [4.78, 5) is 17.1. The van der Waals surface area contributed by atoms with Crippen molar-refractivity contribution in [2.45, 2.75) is 24.8 Å². The fourth-order valence-electron chi connectivity index (χ4n) is 3.78. The number of imidazole rings is 1. The van der Waals surface area contributed by atoms with Crippen LogP contribution in [0.4, 0.5) is 23.7 Å². The van der Waals surface area contributed by atoms with Gasteiger partial charge in [-0.15, -0.1) is 0 Å². The van der Waals surface area contributed by atoms with E-state index in [1.165, 1.54) is 23.9 Å². The predicted octanol–water partition coefficient (Wildman–Crippen LogP) is 7.17. The number of anilines is 1. The number of alkyl halides is 3. The Balaban J connectivity index is 1.44. The van der Waals surface area contributed by atoms with Crippen molar-refractivity contribution in [3.8, 4) is 22.5 Å². The topological polar surface area (TPSA) is 59.0 Å². The fourth-order valence-corrected chi connectivity index (χ4v) is 4.70. The molecule has 0 aliphatic carbocycles. The van der Waals surface area contributed by atoms with Crippen LogP contribution >= 0.6 is 11.8 Å².